The zero-order valence-electron chi connectivity index (χ0n) is 21.5. The monoisotopic (exact) mass is 517 g/mol. The van der Waals surface area contributed by atoms with Crippen molar-refractivity contribution in [3.05, 3.63) is 83.6 Å². The number of carbonyl (C=O) groups is 2. The van der Waals surface area contributed by atoms with Crippen molar-refractivity contribution in [3.8, 4) is 11.5 Å². The summed E-state index contributed by atoms with van der Waals surface area (Å²) in [6.07, 6.45) is 2.04. The average molecular weight is 518 g/mol. The van der Waals surface area contributed by atoms with E-state index in [1.807, 2.05) is 50.4 Å². The minimum absolute atomic E-state index is 0.0454. The number of hydrogen-bond acceptors (Lipinski definition) is 5. The molecule has 4 rings (SSSR count). The fourth-order valence-corrected chi connectivity index (χ4v) is 5.05. The number of anilines is 1. The van der Waals surface area contributed by atoms with Crippen LogP contribution in [0.3, 0.4) is 0 Å². The fraction of sp³-hybridized carbons (Fsp3) is 0.241. The van der Waals surface area contributed by atoms with E-state index in [9.17, 15) is 9.59 Å². The highest BCUT2D eigenvalue weighted by atomic mass is 32.2. The highest BCUT2D eigenvalue weighted by Crippen LogP contribution is 2.30. The summed E-state index contributed by atoms with van der Waals surface area (Å²) in [5, 5.41) is 7.06. The van der Waals surface area contributed by atoms with Crippen LogP contribution in [0.25, 0.3) is 10.9 Å². The number of para-hydroxylation sites is 1. The number of hydrogen-bond donors (Lipinski definition) is 2. The Kier molecular flexibility index (Phi) is 8.40. The van der Waals surface area contributed by atoms with Crippen LogP contribution in [0.5, 0.6) is 11.5 Å². The average Bonchev–Trinajstić information content (AvgIpc) is 3.26. The Labute approximate surface area is 221 Å². The van der Waals surface area contributed by atoms with Crippen LogP contribution in [0.4, 0.5) is 5.69 Å². The van der Waals surface area contributed by atoms with Gasteiger partial charge in [-0.05, 0) is 49.7 Å². The molecule has 1 heterocycles. The summed E-state index contributed by atoms with van der Waals surface area (Å²) in [5.74, 6) is 1.16. The number of thioether (sulfide) groups is 1. The van der Waals surface area contributed by atoms with Crippen molar-refractivity contribution in [1.82, 2.24) is 9.88 Å². The lowest BCUT2D eigenvalue weighted by Crippen LogP contribution is -2.27. The Hall–Kier alpha value is -3.91. The van der Waals surface area contributed by atoms with Gasteiger partial charge in [0.05, 0.1) is 20.0 Å². The Morgan fingerprint density at radius 2 is 1.73 bits per heavy atom. The predicted octanol–water partition coefficient (Wildman–Crippen LogP) is 5.44. The van der Waals surface area contributed by atoms with Gasteiger partial charge in [0, 0.05) is 46.3 Å². The molecule has 0 radical (unpaired) electrons. The number of rotatable bonds is 10. The van der Waals surface area contributed by atoms with Crippen LogP contribution in [0.1, 0.15) is 21.5 Å². The molecular formula is C29H31N3O4S. The lowest BCUT2D eigenvalue weighted by molar-refractivity contribution is -0.113. The molecule has 0 aliphatic rings. The molecule has 0 aliphatic carbocycles. The molecule has 2 amide bonds. The molecule has 192 valence electrons. The Morgan fingerprint density at radius 1 is 0.946 bits per heavy atom. The van der Waals surface area contributed by atoms with Crippen molar-refractivity contribution in [2.75, 3.05) is 31.8 Å². The molecule has 0 unspecified atom stereocenters. The van der Waals surface area contributed by atoms with Crippen molar-refractivity contribution in [3.63, 3.8) is 0 Å². The number of aryl methyl sites for hydroxylation is 2. The molecule has 0 saturated heterocycles. The van der Waals surface area contributed by atoms with Crippen LogP contribution in [0.2, 0.25) is 0 Å². The molecule has 0 spiro atoms. The molecule has 0 bridgehead atoms. The van der Waals surface area contributed by atoms with Crippen molar-refractivity contribution in [2.45, 2.75) is 25.3 Å². The third kappa shape index (κ3) is 6.27. The van der Waals surface area contributed by atoms with Crippen molar-refractivity contribution >= 4 is 40.2 Å². The quantitative estimate of drug-likeness (QED) is 0.274. The summed E-state index contributed by atoms with van der Waals surface area (Å²) in [6.45, 7) is 5.07. The predicted molar refractivity (Wildman–Crippen MR) is 149 cm³/mol. The maximum absolute atomic E-state index is 12.7. The number of carbonyl (C=O) groups excluding carboxylic acids is 2. The first-order valence-corrected chi connectivity index (χ1v) is 13.0. The summed E-state index contributed by atoms with van der Waals surface area (Å²) in [4.78, 5) is 26.3. The number of aromatic nitrogens is 1. The SMILES string of the molecule is COc1ccc(C(=O)NCCn2cc(SCC(=O)Nc3ccc(C)cc3C)c3ccccc32)cc1OC. The van der Waals surface area contributed by atoms with Gasteiger partial charge in [-0.15, -0.1) is 11.8 Å². The number of ether oxygens (including phenoxy) is 2. The Balaban J connectivity index is 1.38. The molecule has 0 aliphatic heterocycles. The van der Waals surface area contributed by atoms with E-state index in [4.69, 9.17) is 9.47 Å². The van der Waals surface area contributed by atoms with Gasteiger partial charge < -0.3 is 24.7 Å². The summed E-state index contributed by atoms with van der Waals surface area (Å²) >= 11 is 1.51. The van der Waals surface area contributed by atoms with Crippen molar-refractivity contribution in [1.29, 1.82) is 0 Å². The Morgan fingerprint density at radius 3 is 2.49 bits per heavy atom. The zero-order valence-corrected chi connectivity index (χ0v) is 22.3. The van der Waals surface area contributed by atoms with Crippen LogP contribution < -0.4 is 20.1 Å². The van der Waals surface area contributed by atoms with Gasteiger partial charge in [0.15, 0.2) is 11.5 Å². The van der Waals surface area contributed by atoms with Gasteiger partial charge in [0.25, 0.3) is 5.91 Å². The first-order valence-electron chi connectivity index (χ1n) is 12.0. The summed E-state index contributed by atoms with van der Waals surface area (Å²) in [7, 11) is 3.10. The van der Waals surface area contributed by atoms with E-state index in [0.717, 1.165) is 32.6 Å². The summed E-state index contributed by atoms with van der Waals surface area (Å²) < 4.78 is 12.6. The smallest absolute Gasteiger partial charge is 0.251 e. The molecule has 0 fully saturated rings. The van der Waals surface area contributed by atoms with Gasteiger partial charge in [0.1, 0.15) is 0 Å². The lowest BCUT2D eigenvalue weighted by atomic mass is 10.1. The van der Waals surface area contributed by atoms with Crippen LogP contribution in [0, 0.1) is 13.8 Å². The molecule has 4 aromatic rings. The summed E-state index contributed by atoms with van der Waals surface area (Å²) in [5.41, 5.74) is 4.60. The first kappa shape index (κ1) is 26.2. The molecular weight excluding hydrogens is 486 g/mol. The molecule has 37 heavy (non-hydrogen) atoms. The highest BCUT2D eigenvalue weighted by molar-refractivity contribution is 8.00. The van der Waals surface area contributed by atoms with Gasteiger partial charge >= 0.3 is 0 Å². The van der Waals surface area contributed by atoms with Crippen LogP contribution in [-0.4, -0.2) is 42.9 Å². The second-order valence-corrected chi connectivity index (χ2v) is 9.70. The number of nitrogens with zero attached hydrogens (tertiary/aromatic N) is 1. The third-order valence-electron chi connectivity index (χ3n) is 6.05. The van der Waals surface area contributed by atoms with Crippen molar-refractivity contribution < 1.29 is 19.1 Å². The zero-order chi connectivity index (χ0) is 26.4. The van der Waals surface area contributed by atoms with E-state index in [0.29, 0.717) is 35.9 Å². The van der Waals surface area contributed by atoms with Gasteiger partial charge in [-0.3, -0.25) is 9.59 Å². The maximum atomic E-state index is 12.7. The minimum Gasteiger partial charge on any atom is -0.493 e. The minimum atomic E-state index is -0.185. The van der Waals surface area contributed by atoms with Gasteiger partial charge in [-0.2, -0.15) is 0 Å². The normalized spacial score (nSPS) is 10.8. The van der Waals surface area contributed by atoms with Crippen LogP contribution in [0.15, 0.2) is 71.8 Å². The first-order chi connectivity index (χ1) is 17.9. The lowest BCUT2D eigenvalue weighted by Gasteiger charge is -2.10. The van der Waals surface area contributed by atoms with E-state index in [1.165, 1.54) is 11.8 Å². The van der Waals surface area contributed by atoms with E-state index < -0.39 is 0 Å². The van der Waals surface area contributed by atoms with Crippen molar-refractivity contribution in [2.24, 2.45) is 0 Å². The molecule has 0 saturated carbocycles. The highest BCUT2D eigenvalue weighted by Gasteiger charge is 2.13. The number of fused-ring (bicyclic) bond motifs is 1. The second-order valence-electron chi connectivity index (χ2n) is 8.68. The number of nitrogens with one attached hydrogen (secondary N) is 2. The van der Waals surface area contributed by atoms with Gasteiger partial charge in [-0.25, -0.2) is 0 Å². The molecule has 7 nitrogen and oxygen atoms in total. The van der Waals surface area contributed by atoms with Gasteiger partial charge in [0.2, 0.25) is 5.91 Å². The van der Waals surface area contributed by atoms with E-state index >= 15 is 0 Å². The summed E-state index contributed by atoms with van der Waals surface area (Å²) in [6, 6.07) is 19.2. The van der Waals surface area contributed by atoms with E-state index in [2.05, 4.69) is 27.3 Å². The molecule has 1 aromatic heterocycles. The topological polar surface area (TPSA) is 81.6 Å². The van der Waals surface area contributed by atoms with E-state index in [1.54, 1.807) is 32.4 Å². The molecule has 8 heteroatoms. The third-order valence-corrected chi connectivity index (χ3v) is 7.09. The standard InChI is InChI=1S/C29H31N3O4S/c1-19-9-11-23(20(2)15-19)31-28(33)18-37-27-17-32(24-8-6-5-7-22(24)27)14-13-30-29(34)21-10-12-25(35-3)26(16-21)36-4/h5-12,15-17H,13-14,18H2,1-4H3,(H,30,34)(H,31,33). The largest absolute Gasteiger partial charge is 0.493 e. The van der Waals surface area contributed by atoms with Gasteiger partial charge in [-0.1, -0.05) is 35.9 Å². The number of amides is 2. The number of benzene rings is 3. The van der Waals surface area contributed by atoms with E-state index in [-0.39, 0.29) is 11.8 Å². The van der Waals surface area contributed by atoms with Crippen LogP contribution in [-0.2, 0) is 11.3 Å². The molecule has 2 N–H and O–H groups in total. The molecule has 3 aromatic carbocycles. The van der Waals surface area contributed by atoms with Crippen LogP contribution >= 0.6 is 11.8 Å². The maximum Gasteiger partial charge on any atom is 0.251 e. The Bertz CT molecular complexity index is 1430. The number of methoxy groups -OCH3 is 2. The second kappa shape index (κ2) is 11.9. The fourth-order valence-electron chi connectivity index (χ4n) is 4.17. The molecule has 0 atom stereocenters.